The van der Waals surface area contributed by atoms with Gasteiger partial charge in [0.05, 0.1) is 5.56 Å². The van der Waals surface area contributed by atoms with Crippen LogP contribution in [-0.2, 0) is 9.53 Å². The molecule has 2 aromatic carbocycles. The molecule has 22 heavy (non-hydrogen) atoms. The van der Waals surface area contributed by atoms with Crippen molar-refractivity contribution in [2.75, 3.05) is 11.9 Å². The van der Waals surface area contributed by atoms with Gasteiger partial charge in [0.15, 0.2) is 6.61 Å². The van der Waals surface area contributed by atoms with Crippen molar-refractivity contribution in [1.29, 1.82) is 0 Å². The second kappa shape index (κ2) is 7.03. The molecule has 2 amide bonds. The molecule has 0 aliphatic rings. The molecule has 0 heterocycles. The van der Waals surface area contributed by atoms with Gasteiger partial charge in [-0.1, -0.05) is 18.2 Å². The molecule has 0 saturated carbocycles. The first-order valence-corrected chi connectivity index (χ1v) is 6.48. The molecule has 0 unspecified atom stereocenters. The van der Waals surface area contributed by atoms with Crippen molar-refractivity contribution in [3.8, 4) is 0 Å². The Morgan fingerprint density at radius 2 is 1.55 bits per heavy atom. The van der Waals surface area contributed by atoms with Gasteiger partial charge in [-0.15, -0.1) is 0 Å². The number of amides is 2. The third kappa shape index (κ3) is 4.17. The smallest absolute Gasteiger partial charge is 0.338 e. The standard InChI is InChI=1S/C16H14N2O4/c17-15(20)11-6-8-13(9-7-11)18-14(19)10-22-16(21)12-4-2-1-3-5-12/h1-9H,10H2,(H2,17,20)(H,18,19). The molecule has 0 aromatic heterocycles. The van der Waals surface area contributed by atoms with Crippen molar-refractivity contribution in [2.24, 2.45) is 5.73 Å². The summed E-state index contributed by atoms with van der Waals surface area (Å²) in [5.41, 5.74) is 6.31. The second-order valence-electron chi connectivity index (χ2n) is 4.43. The molecular weight excluding hydrogens is 284 g/mol. The average Bonchev–Trinajstić information content (AvgIpc) is 2.54. The van der Waals surface area contributed by atoms with Gasteiger partial charge in [0.1, 0.15) is 0 Å². The summed E-state index contributed by atoms with van der Waals surface area (Å²) in [6, 6.07) is 14.5. The number of benzene rings is 2. The predicted molar refractivity (Wildman–Crippen MR) is 80.3 cm³/mol. The van der Waals surface area contributed by atoms with Crippen LogP contribution < -0.4 is 11.1 Å². The fourth-order valence-corrected chi connectivity index (χ4v) is 1.70. The van der Waals surface area contributed by atoms with E-state index in [-0.39, 0.29) is 0 Å². The molecule has 0 aliphatic heterocycles. The molecule has 0 atom stereocenters. The lowest BCUT2D eigenvalue weighted by Gasteiger charge is -2.07. The Kier molecular flexibility index (Phi) is 4.87. The zero-order valence-corrected chi connectivity index (χ0v) is 11.6. The van der Waals surface area contributed by atoms with E-state index in [9.17, 15) is 14.4 Å². The summed E-state index contributed by atoms with van der Waals surface area (Å²) in [6.07, 6.45) is 0. The summed E-state index contributed by atoms with van der Waals surface area (Å²) >= 11 is 0. The van der Waals surface area contributed by atoms with E-state index in [0.717, 1.165) is 0 Å². The van der Waals surface area contributed by atoms with Crippen LogP contribution in [0.2, 0.25) is 0 Å². The van der Waals surface area contributed by atoms with E-state index < -0.39 is 24.4 Å². The number of primary amides is 1. The van der Waals surface area contributed by atoms with Crippen LogP contribution in [0.15, 0.2) is 54.6 Å². The van der Waals surface area contributed by atoms with Crippen molar-refractivity contribution in [1.82, 2.24) is 0 Å². The number of hydrogen-bond donors (Lipinski definition) is 2. The van der Waals surface area contributed by atoms with Gasteiger partial charge in [0.2, 0.25) is 5.91 Å². The van der Waals surface area contributed by atoms with E-state index in [0.29, 0.717) is 16.8 Å². The fraction of sp³-hybridized carbons (Fsp3) is 0.0625. The average molecular weight is 298 g/mol. The molecule has 0 bridgehead atoms. The first-order valence-electron chi connectivity index (χ1n) is 6.48. The topological polar surface area (TPSA) is 98.5 Å². The molecule has 112 valence electrons. The number of carbonyl (C=O) groups is 3. The van der Waals surface area contributed by atoms with Crippen LogP contribution in [0.5, 0.6) is 0 Å². The minimum atomic E-state index is -0.570. The first kappa shape index (κ1) is 15.2. The quantitative estimate of drug-likeness (QED) is 0.819. The Morgan fingerprint density at radius 3 is 2.14 bits per heavy atom. The Hall–Kier alpha value is -3.15. The minimum Gasteiger partial charge on any atom is -0.452 e. The summed E-state index contributed by atoms with van der Waals surface area (Å²) in [7, 11) is 0. The van der Waals surface area contributed by atoms with Crippen molar-refractivity contribution in [2.45, 2.75) is 0 Å². The fourth-order valence-electron chi connectivity index (χ4n) is 1.70. The van der Waals surface area contributed by atoms with Gasteiger partial charge in [0.25, 0.3) is 5.91 Å². The van der Waals surface area contributed by atoms with Crippen molar-refractivity contribution < 1.29 is 19.1 Å². The molecule has 0 saturated heterocycles. The summed E-state index contributed by atoms with van der Waals surface area (Å²) in [5, 5.41) is 2.55. The minimum absolute atomic E-state index is 0.341. The van der Waals surface area contributed by atoms with Gasteiger partial charge in [0, 0.05) is 11.3 Å². The number of ether oxygens (including phenoxy) is 1. The molecule has 3 N–H and O–H groups in total. The van der Waals surface area contributed by atoms with E-state index in [1.165, 1.54) is 24.3 Å². The van der Waals surface area contributed by atoms with E-state index in [4.69, 9.17) is 10.5 Å². The summed E-state index contributed by atoms with van der Waals surface area (Å²) in [6.45, 7) is -0.398. The summed E-state index contributed by atoms with van der Waals surface area (Å²) in [5.74, 6) is -1.59. The van der Waals surface area contributed by atoms with Crippen molar-refractivity contribution in [3.63, 3.8) is 0 Å². The molecular formula is C16H14N2O4. The van der Waals surface area contributed by atoms with Gasteiger partial charge >= 0.3 is 5.97 Å². The lowest BCUT2D eigenvalue weighted by Crippen LogP contribution is -2.21. The molecule has 0 aliphatic carbocycles. The van der Waals surface area contributed by atoms with Crippen LogP contribution in [0.4, 0.5) is 5.69 Å². The zero-order chi connectivity index (χ0) is 15.9. The molecule has 2 aromatic rings. The Morgan fingerprint density at radius 1 is 0.909 bits per heavy atom. The number of carbonyl (C=O) groups excluding carboxylic acids is 3. The van der Waals surface area contributed by atoms with E-state index in [2.05, 4.69) is 5.32 Å². The maximum Gasteiger partial charge on any atom is 0.338 e. The van der Waals surface area contributed by atoms with Gasteiger partial charge in [-0.25, -0.2) is 4.79 Å². The van der Waals surface area contributed by atoms with Gasteiger partial charge in [-0.2, -0.15) is 0 Å². The molecule has 0 spiro atoms. The lowest BCUT2D eigenvalue weighted by atomic mass is 10.2. The SMILES string of the molecule is NC(=O)c1ccc(NC(=O)COC(=O)c2ccccc2)cc1. The maximum atomic E-state index is 11.7. The largest absolute Gasteiger partial charge is 0.452 e. The normalized spacial score (nSPS) is 9.82. The van der Waals surface area contributed by atoms with Crippen LogP contribution in [0.3, 0.4) is 0 Å². The van der Waals surface area contributed by atoms with Gasteiger partial charge in [-0.3, -0.25) is 9.59 Å². The Labute approximate surface area is 126 Å². The zero-order valence-electron chi connectivity index (χ0n) is 11.6. The lowest BCUT2D eigenvalue weighted by molar-refractivity contribution is -0.119. The van der Waals surface area contributed by atoms with Crippen molar-refractivity contribution in [3.05, 3.63) is 65.7 Å². The summed E-state index contributed by atoms with van der Waals surface area (Å²) < 4.78 is 4.90. The first-order chi connectivity index (χ1) is 10.6. The van der Waals surface area contributed by atoms with E-state index in [1.807, 2.05) is 0 Å². The number of hydrogen-bond acceptors (Lipinski definition) is 4. The van der Waals surface area contributed by atoms with Crippen LogP contribution in [-0.4, -0.2) is 24.4 Å². The molecule has 6 heteroatoms. The second-order valence-corrected chi connectivity index (χ2v) is 4.43. The molecule has 0 radical (unpaired) electrons. The highest BCUT2D eigenvalue weighted by atomic mass is 16.5. The molecule has 0 fully saturated rings. The third-order valence-electron chi connectivity index (χ3n) is 2.80. The molecule has 2 rings (SSSR count). The van der Waals surface area contributed by atoms with Gasteiger partial charge < -0.3 is 15.8 Å². The number of nitrogens with one attached hydrogen (secondary N) is 1. The summed E-state index contributed by atoms with van der Waals surface area (Å²) in [4.78, 5) is 34.3. The monoisotopic (exact) mass is 298 g/mol. The van der Waals surface area contributed by atoms with Crippen LogP contribution in [0, 0.1) is 0 Å². The number of rotatable bonds is 5. The van der Waals surface area contributed by atoms with Crippen LogP contribution in [0.1, 0.15) is 20.7 Å². The number of esters is 1. The highest BCUT2D eigenvalue weighted by molar-refractivity contribution is 5.96. The van der Waals surface area contributed by atoms with Crippen molar-refractivity contribution >= 4 is 23.5 Å². The van der Waals surface area contributed by atoms with Crippen LogP contribution in [0.25, 0.3) is 0 Å². The van der Waals surface area contributed by atoms with E-state index >= 15 is 0 Å². The third-order valence-corrected chi connectivity index (χ3v) is 2.80. The Balaban J connectivity index is 1.85. The number of anilines is 1. The predicted octanol–water partition coefficient (Wildman–Crippen LogP) is 1.58. The van der Waals surface area contributed by atoms with Crippen LogP contribution >= 0.6 is 0 Å². The number of nitrogens with two attached hydrogens (primary N) is 1. The highest BCUT2D eigenvalue weighted by Crippen LogP contribution is 2.09. The molecule has 6 nitrogen and oxygen atoms in total. The maximum absolute atomic E-state index is 11.7. The highest BCUT2D eigenvalue weighted by Gasteiger charge is 2.10. The van der Waals surface area contributed by atoms with E-state index in [1.54, 1.807) is 30.3 Å². The Bertz CT molecular complexity index is 681. The van der Waals surface area contributed by atoms with Gasteiger partial charge in [-0.05, 0) is 36.4 Å².